The summed E-state index contributed by atoms with van der Waals surface area (Å²) in [6.07, 6.45) is 0. The summed E-state index contributed by atoms with van der Waals surface area (Å²) in [6, 6.07) is 7.91. The Morgan fingerprint density at radius 1 is 0.938 bits per heavy atom. The number of carbonyl (C=O) groups is 2. The van der Waals surface area contributed by atoms with Gasteiger partial charge in [0.2, 0.25) is 0 Å². The van der Waals surface area contributed by atoms with E-state index in [9.17, 15) is 14.7 Å². The molecule has 3 rings (SSSR count). The molecule has 0 aromatic heterocycles. The van der Waals surface area contributed by atoms with E-state index in [1.54, 1.807) is 18.2 Å². The lowest BCUT2D eigenvalue weighted by Gasteiger charge is -2.02. The number of hydrogen-bond acceptors (Lipinski definition) is 4. The van der Waals surface area contributed by atoms with Gasteiger partial charge in [0.25, 0.3) is 0 Å². The molecule has 4 heteroatoms. The van der Waals surface area contributed by atoms with Crippen LogP contribution < -0.4 is 0 Å². The first-order valence-electron chi connectivity index (χ1n) is 4.69. The summed E-state index contributed by atoms with van der Waals surface area (Å²) >= 11 is 0. The van der Waals surface area contributed by atoms with E-state index in [1.165, 1.54) is 12.1 Å². The molecule has 0 amide bonds. The number of phenols is 1. The molecule has 1 aliphatic heterocycles. The van der Waals surface area contributed by atoms with Crippen LogP contribution in [0.1, 0.15) is 20.7 Å². The lowest BCUT2D eigenvalue weighted by Crippen LogP contribution is -1.97. The van der Waals surface area contributed by atoms with Gasteiger partial charge in [-0.3, -0.25) is 0 Å². The minimum Gasteiger partial charge on any atom is -0.507 e. The van der Waals surface area contributed by atoms with Gasteiger partial charge in [-0.2, -0.15) is 0 Å². The summed E-state index contributed by atoms with van der Waals surface area (Å²) in [5.41, 5.74) is 0.488. The number of esters is 2. The zero-order valence-corrected chi connectivity index (χ0v) is 8.06. The van der Waals surface area contributed by atoms with Crippen LogP contribution in [0.25, 0.3) is 10.8 Å². The number of hydrogen-bond donors (Lipinski definition) is 1. The molecule has 0 spiro atoms. The molecule has 2 aromatic carbocycles. The van der Waals surface area contributed by atoms with E-state index >= 15 is 0 Å². The Kier molecular flexibility index (Phi) is 1.57. The molecule has 0 atom stereocenters. The highest BCUT2D eigenvalue weighted by Crippen LogP contribution is 2.32. The maximum absolute atomic E-state index is 11.5. The van der Waals surface area contributed by atoms with Crippen LogP contribution in [-0.4, -0.2) is 17.0 Å². The van der Waals surface area contributed by atoms with Gasteiger partial charge in [0.1, 0.15) is 5.75 Å². The standard InChI is InChI=1S/C12H6O4/c13-9-3-1-2-7-6(9)4-5-8-10(7)12(15)16-11(8)14/h1-5,13H. The van der Waals surface area contributed by atoms with Gasteiger partial charge in [-0.25, -0.2) is 9.59 Å². The fourth-order valence-electron chi connectivity index (χ4n) is 1.92. The molecule has 0 radical (unpaired) electrons. The van der Waals surface area contributed by atoms with Crippen molar-refractivity contribution in [3.05, 3.63) is 41.5 Å². The summed E-state index contributed by atoms with van der Waals surface area (Å²) < 4.78 is 4.52. The first kappa shape index (κ1) is 8.91. The Balaban J connectivity index is 2.50. The minimum absolute atomic E-state index is 0.0763. The largest absolute Gasteiger partial charge is 0.507 e. The topological polar surface area (TPSA) is 63.6 Å². The zero-order valence-electron chi connectivity index (χ0n) is 8.06. The minimum atomic E-state index is -0.656. The number of fused-ring (bicyclic) bond motifs is 3. The smallest absolute Gasteiger partial charge is 0.347 e. The van der Waals surface area contributed by atoms with Gasteiger partial charge in [0, 0.05) is 10.8 Å². The van der Waals surface area contributed by atoms with E-state index < -0.39 is 11.9 Å². The molecule has 0 unspecified atom stereocenters. The van der Waals surface area contributed by atoms with Gasteiger partial charge < -0.3 is 9.84 Å². The van der Waals surface area contributed by atoms with Crippen molar-refractivity contribution >= 4 is 22.7 Å². The number of aromatic hydroxyl groups is 1. The fourth-order valence-corrected chi connectivity index (χ4v) is 1.92. The monoisotopic (exact) mass is 214 g/mol. The third-order valence-electron chi connectivity index (χ3n) is 2.65. The number of carbonyl (C=O) groups excluding carboxylic acids is 2. The molecule has 0 bridgehead atoms. The van der Waals surface area contributed by atoms with Gasteiger partial charge in [-0.05, 0) is 18.2 Å². The predicted molar refractivity (Wildman–Crippen MR) is 55.4 cm³/mol. The van der Waals surface area contributed by atoms with Gasteiger partial charge in [0.05, 0.1) is 11.1 Å². The maximum atomic E-state index is 11.5. The first-order chi connectivity index (χ1) is 7.68. The highest BCUT2D eigenvalue weighted by atomic mass is 16.6. The van der Waals surface area contributed by atoms with Crippen LogP contribution >= 0.6 is 0 Å². The second-order valence-electron chi connectivity index (χ2n) is 3.54. The van der Waals surface area contributed by atoms with Crippen molar-refractivity contribution in [1.82, 2.24) is 0 Å². The number of rotatable bonds is 0. The van der Waals surface area contributed by atoms with Crippen LogP contribution in [0.4, 0.5) is 0 Å². The fraction of sp³-hybridized carbons (Fsp3) is 0. The molecule has 4 nitrogen and oxygen atoms in total. The van der Waals surface area contributed by atoms with Crippen LogP contribution in [0.2, 0.25) is 0 Å². The van der Waals surface area contributed by atoms with E-state index in [0.29, 0.717) is 10.8 Å². The van der Waals surface area contributed by atoms with Gasteiger partial charge >= 0.3 is 11.9 Å². The van der Waals surface area contributed by atoms with Crippen LogP contribution in [-0.2, 0) is 4.74 Å². The molecule has 0 saturated heterocycles. The highest BCUT2D eigenvalue weighted by molar-refractivity contribution is 6.21. The Morgan fingerprint density at radius 2 is 1.75 bits per heavy atom. The molecule has 0 fully saturated rings. The van der Waals surface area contributed by atoms with Crippen molar-refractivity contribution in [2.24, 2.45) is 0 Å². The van der Waals surface area contributed by atoms with E-state index in [0.717, 1.165) is 0 Å². The highest BCUT2D eigenvalue weighted by Gasteiger charge is 2.31. The molecule has 1 heterocycles. The molecule has 1 N–H and O–H groups in total. The van der Waals surface area contributed by atoms with E-state index in [1.807, 2.05) is 0 Å². The lowest BCUT2D eigenvalue weighted by atomic mass is 10.00. The van der Waals surface area contributed by atoms with Crippen molar-refractivity contribution in [1.29, 1.82) is 0 Å². The number of benzene rings is 2. The summed E-state index contributed by atoms with van der Waals surface area (Å²) in [5.74, 6) is -1.21. The summed E-state index contributed by atoms with van der Waals surface area (Å²) in [5, 5.41) is 10.7. The summed E-state index contributed by atoms with van der Waals surface area (Å²) in [7, 11) is 0. The quantitative estimate of drug-likeness (QED) is 0.537. The maximum Gasteiger partial charge on any atom is 0.347 e. The molecule has 2 aromatic rings. The van der Waals surface area contributed by atoms with Crippen molar-refractivity contribution in [2.45, 2.75) is 0 Å². The zero-order chi connectivity index (χ0) is 11.3. The van der Waals surface area contributed by atoms with E-state index in [2.05, 4.69) is 4.74 Å². The van der Waals surface area contributed by atoms with Crippen molar-refractivity contribution < 1.29 is 19.4 Å². The second kappa shape index (κ2) is 2.82. The molecule has 78 valence electrons. The van der Waals surface area contributed by atoms with Gasteiger partial charge in [-0.1, -0.05) is 12.1 Å². The summed E-state index contributed by atoms with van der Waals surface area (Å²) in [6.45, 7) is 0. The third kappa shape index (κ3) is 0.982. The molecule has 16 heavy (non-hydrogen) atoms. The SMILES string of the molecule is O=C1OC(=O)c2c1ccc1c(O)cccc21. The normalized spacial score (nSPS) is 14.0. The van der Waals surface area contributed by atoms with Gasteiger partial charge in [-0.15, -0.1) is 0 Å². The van der Waals surface area contributed by atoms with Crippen LogP contribution in [0.3, 0.4) is 0 Å². The Morgan fingerprint density at radius 3 is 2.56 bits per heavy atom. The average molecular weight is 214 g/mol. The molecular weight excluding hydrogens is 208 g/mol. The Hall–Kier alpha value is -2.36. The number of phenolic OH excluding ortho intramolecular Hbond substituents is 1. The molecule has 1 aliphatic rings. The Labute approximate surface area is 90.1 Å². The molecular formula is C12H6O4. The second-order valence-corrected chi connectivity index (χ2v) is 3.54. The predicted octanol–water partition coefficient (Wildman–Crippen LogP) is 1.86. The molecule has 0 aliphatic carbocycles. The van der Waals surface area contributed by atoms with Crippen molar-refractivity contribution in [3.63, 3.8) is 0 Å². The van der Waals surface area contributed by atoms with Gasteiger partial charge in [0.15, 0.2) is 0 Å². The van der Waals surface area contributed by atoms with Crippen LogP contribution in [0.15, 0.2) is 30.3 Å². The third-order valence-corrected chi connectivity index (χ3v) is 2.65. The first-order valence-corrected chi connectivity index (χ1v) is 4.69. The van der Waals surface area contributed by atoms with Crippen LogP contribution in [0, 0.1) is 0 Å². The van der Waals surface area contributed by atoms with Crippen molar-refractivity contribution in [2.75, 3.05) is 0 Å². The number of ether oxygens (including phenoxy) is 1. The lowest BCUT2D eigenvalue weighted by molar-refractivity contribution is 0.0444. The molecule has 0 saturated carbocycles. The van der Waals surface area contributed by atoms with Crippen molar-refractivity contribution in [3.8, 4) is 5.75 Å². The van der Waals surface area contributed by atoms with Crippen LogP contribution in [0.5, 0.6) is 5.75 Å². The average Bonchev–Trinajstić information content (AvgIpc) is 2.55. The Bertz CT molecular complexity index is 643. The van der Waals surface area contributed by atoms with E-state index in [4.69, 9.17) is 0 Å². The summed E-state index contributed by atoms with van der Waals surface area (Å²) in [4.78, 5) is 22.8. The number of cyclic esters (lactones) is 2. The van der Waals surface area contributed by atoms with E-state index in [-0.39, 0.29) is 16.9 Å².